The fourth-order valence-electron chi connectivity index (χ4n) is 3.90. The van der Waals surface area contributed by atoms with E-state index in [0.717, 1.165) is 43.4 Å². The van der Waals surface area contributed by atoms with Gasteiger partial charge in [0.05, 0.1) is 12.8 Å². The Morgan fingerprint density at radius 3 is 2.72 bits per heavy atom. The Bertz CT molecular complexity index is 788. The number of nitrogens with one attached hydrogen (secondary N) is 1. The molecule has 1 aromatic heterocycles. The largest absolute Gasteiger partial charge is 0.494 e. The minimum atomic E-state index is -0.404. The maximum Gasteiger partial charge on any atom is 0.411 e. The number of piperidine rings is 1. The van der Waals surface area contributed by atoms with Crippen molar-refractivity contribution in [2.75, 3.05) is 32.1 Å². The highest BCUT2D eigenvalue weighted by Gasteiger charge is 2.22. The number of carbonyl (C=O) groups is 1. The summed E-state index contributed by atoms with van der Waals surface area (Å²) in [6, 6.07) is 7.44. The molecule has 0 unspecified atom stereocenters. The summed E-state index contributed by atoms with van der Waals surface area (Å²) in [5.74, 6) is 0.682. The van der Waals surface area contributed by atoms with Crippen molar-refractivity contribution in [3.8, 4) is 5.75 Å². The van der Waals surface area contributed by atoms with Crippen LogP contribution in [0, 0.1) is 0 Å². The molecular formula is C23H33N3O3. The van der Waals surface area contributed by atoms with Crippen molar-refractivity contribution in [3.05, 3.63) is 30.5 Å². The summed E-state index contributed by atoms with van der Waals surface area (Å²) < 4.78 is 11.0. The van der Waals surface area contributed by atoms with Crippen LogP contribution < -0.4 is 10.1 Å². The van der Waals surface area contributed by atoms with Crippen molar-refractivity contribution >= 4 is 22.7 Å². The first-order chi connectivity index (χ1) is 14.2. The lowest BCUT2D eigenvalue weighted by Gasteiger charge is -2.31. The highest BCUT2D eigenvalue weighted by Crippen LogP contribution is 2.28. The number of pyridine rings is 1. The van der Waals surface area contributed by atoms with Gasteiger partial charge in [-0.05, 0) is 37.9 Å². The molecule has 1 N–H and O–H groups in total. The third-order valence-corrected chi connectivity index (χ3v) is 5.58. The molecule has 6 nitrogen and oxygen atoms in total. The Hall–Kier alpha value is -2.34. The van der Waals surface area contributed by atoms with Crippen LogP contribution in [0.5, 0.6) is 5.75 Å². The number of para-hydroxylation sites is 1. The van der Waals surface area contributed by atoms with E-state index in [4.69, 9.17) is 9.47 Å². The molecular weight excluding hydrogens is 366 g/mol. The quantitative estimate of drug-likeness (QED) is 0.585. The van der Waals surface area contributed by atoms with Crippen molar-refractivity contribution in [1.82, 2.24) is 9.88 Å². The highest BCUT2D eigenvalue weighted by atomic mass is 16.6. The van der Waals surface area contributed by atoms with E-state index in [2.05, 4.69) is 22.1 Å². The van der Waals surface area contributed by atoms with Gasteiger partial charge in [-0.1, -0.05) is 44.7 Å². The van der Waals surface area contributed by atoms with Gasteiger partial charge in [-0.3, -0.25) is 10.3 Å². The standard InChI is InChI=1S/C23H33N3O3/c1-3-4-5-6-7-15-26-16-12-18(13-17-26)29-23(27)25-20-11-14-24-22-19(20)9-8-10-21(22)28-2/h8-11,14,18H,3-7,12-13,15-17H2,1-2H3,(H,24,25,27). The van der Waals surface area contributed by atoms with E-state index in [-0.39, 0.29) is 6.10 Å². The van der Waals surface area contributed by atoms with Crippen LogP contribution in [-0.2, 0) is 4.74 Å². The van der Waals surface area contributed by atoms with E-state index in [9.17, 15) is 4.79 Å². The molecule has 0 saturated carbocycles. The van der Waals surface area contributed by atoms with E-state index in [1.165, 1.54) is 32.1 Å². The summed E-state index contributed by atoms with van der Waals surface area (Å²) in [7, 11) is 1.61. The SMILES string of the molecule is CCCCCCCN1CCC(OC(=O)Nc2ccnc3c(OC)cccc23)CC1. The minimum absolute atomic E-state index is 0.0195. The van der Waals surface area contributed by atoms with Crippen LogP contribution in [0.1, 0.15) is 51.9 Å². The van der Waals surface area contributed by atoms with Crippen LogP contribution in [0.4, 0.5) is 10.5 Å². The Morgan fingerprint density at radius 1 is 1.17 bits per heavy atom. The Morgan fingerprint density at radius 2 is 1.97 bits per heavy atom. The molecule has 1 aromatic carbocycles. The number of aromatic nitrogens is 1. The van der Waals surface area contributed by atoms with Crippen molar-refractivity contribution < 1.29 is 14.3 Å². The van der Waals surface area contributed by atoms with Crippen molar-refractivity contribution in [2.24, 2.45) is 0 Å². The topological polar surface area (TPSA) is 63.7 Å². The first kappa shape index (κ1) is 21.4. The monoisotopic (exact) mass is 399 g/mol. The average Bonchev–Trinajstić information content (AvgIpc) is 2.74. The Balaban J connectivity index is 1.46. The summed E-state index contributed by atoms with van der Waals surface area (Å²) in [6.45, 7) is 5.41. The molecule has 1 amide bonds. The molecule has 0 atom stereocenters. The molecule has 3 rings (SSSR count). The van der Waals surface area contributed by atoms with Gasteiger partial charge in [0, 0.05) is 24.7 Å². The number of unbranched alkanes of at least 4 members (excludes halogenated alkanes) is 4. The maximum absolute atomic E-state index is 12.4. The first-order valence-electron chi connectivity index (χ1n) is 10.8. The molecule has 1 fully saturated rings. The zero-order chi connectivity index (χ0) is 20.5. The van der Waals surface area contributed by atoms with Gasteiger partial charge >= 0.3 is 6.09 Å². The molecule has 0 spiro atoms. The Kier molecular flexibility index (Phi) is 8.11. The molecule has 1 aliphatic rings. The maximum atomic E-state index is 12.4. The van der Waals surface area contributed by atoms with E-state index >= 15 is 0 Å². The van der Waals surface area contributed by atoms with E-state index < -0.39 is 6.09 Å². The van der Waals surface area contributed by atoms with Crippen LogP contribution in [0.3, 0.4) is 0 Å². The lowest BCUT2D eigenvalue weighted by Crippen LogP contribution is -2.38. The first-order valence-corrected chi connectivity index (χ1v) is 10.8. The zero-order valence-corrected chi connectivity index (χ0v) is 17.7. The smallest absolute Gasteiger partial charge is 0.411 e. The van der Waals surface area contributed by atoms with Crippen molar-refractivity contribution in [3.63, 3.8) is 0 Å². The zero-order valence-electron chi connectivity index (χ0n) is 17.7. The number of nitrogens with zero attached hydrogens (tertiary/aromatic N) is 2. The van der Waals surface area contributed by atoms with Crippen molar-refractivity contribution in [1.29, 1.82) is 0 Å². The molecule has 1 aliphatic heterocycles. The second kappa shape index (κ2) is 11.0. The predicted molar refractivity (Wildman–Crippen MR) is 117 cm³/mol. The number of amides is 1. The second-order valence-electron chi connectivity index (χ2n) is 7.70. The van der Waals surface area contributed by atoms with E-state index in [1.807, 2.05) is 18.2 Å². The lowest BCUT2D eigenvalue weighted by atomic mass is 10.1. The third-order valence-electron chi connectivity index (χ3n) is 5.58. The summed E-state index contributed by atoms with van der Waals surface area (Å²) in [4.78, 5) is 19.3. The van der Waals surface area contributed by atoms with E-state index in [1.54, 1.807) is 19.4 Å². The summed E-state index contributed by atoms with van der Waals surface area (Å²) in [5.41, 5.74) is 1.41. The number of ether oxygens (including phenoxy) is 2. The number of carbonyl (C=O) groups excluding carboxylic acids is 1. The number of likely N-dealkylation sites (tertiary alicyclic amines) is 1. The highest BCUT2D eigenvalue weighted by molar-refractivity contribution is 6.00. The normalized spacial score (nSPS) is 15.4. The van der Waals surface area contributed by atoms with Crippen LogP contribution in [0.2, 0.25) is 0 Å². The van der Waals surface area contributed by atoms with Crippen LogP contribution in [0.15, 0.2) is 30.5 Å². The van der Waals surface area contributed by atoms with Gasteiger partial charge in [0.1, 0.15) is 17.4 Å². The molecule has 0 radical (unpaired) electrons. The number of hydrogen-bond donors (Lipinski definition) is 1. The van der Waals surface area contributed by atoms with Gasteiger partial charge in [0.2, 0.25) is 0 Å². The van der Waals surface area contributed by atoms with Gasteiger partial charge in [0.15, 0.2) is 0 Å². The van der Waals surface area contributed by atoms with Crippen LogP contribution in [0.25, 0.3) is 10.9 Å². The van der Waals surface area contributed by atoms with Gasteiger partial charge in [-0.25, -0.2) is 4.79 Å². The molecule has 6 heteroatoms. The third kappa shape index (κ3) is 6.07. The second-order valence-corrected chi connectivity index (χ2v) is 7.70. The van der Waals surface area contributed by atoms with Gasteiger partial charge in [0.25, 0.3) is 0 Å². The average molecular weight is 400 g/mol. The summed E-state index contributed by atoms with van der Waals surface area (Å²) in [5, 5.41) is 3.71. The fourth-order valence-corrected chi connectivity index (χ4v) is 3.90. The van der Waals surface area contributed by atoms with Gasteiger partial charge < -0.3 is 14.4 Å². The minimum Gasteiger partial charge on any atom is -0.494 e. The molecule has 0 bridgehead atoms. The number of rotatable bonds is 9. The molecule has 2 heterocycles. The summed E-state index contributed by atoms with van der Waals surface area (Å²) in [6.07, 6.45) is 9.58. The van der Waals surface area contributed by atoms with Crippen LogP contribution >= 0.6 is 0 Å². The molecule has 2 aromatic rings. The predicted octanol–water partition coefficient (Wildman–Crippen LogP) is 5.23. The lowest BCUT2D eigenvalue weighted by molar-refractivity contribution is 0.0585. The van der Waals surface area contributed by atoms with Gasteiger partial charge in [-0.15, -0.1) is 0 Å². The summed E-state index contributed by atoms with van der Waals surface area (Å²) >= 11 is 0. The van der Waals surface area contributed by atoms with Crippen LogP contribution in [-0.4, -0.2) is 48.8 Å². The van der Waals surface area contributed by atoms with Gasteiger partial charge in [-0.2, -0.15) is 0 Å². The Labute approximate surface area is 173 Å². The molecule has 0 aliphatic carbocycles. The van der Waals surface area contributed by atoms with Crippen molar-refractivity contribution in [2.45, 2.75) is 58.0 Å². The fraction of sp³-hybridized carbons (Fsp3) is 0.565. The molecule has 1 saturated heterocycles. The number of hydrogen-bond acceptors (Lipinski definition) is 5. The number of anilines is 1. The molecule has 158 valence electrons. The number of methoxy groups -OCH3 is 1. The number of benzene rings is 1. The number of fused-ring (bicyclic) bond motifs is 1. The molecule has 29 heavy (non-hydrogen) atoms. The van der Waals surface area contributed by atoms with E-state index in [0.29, 0.717) is 11.4 Å².